The summed E-state index contributed by atoms with van der Waals surface area (Å²) >= 11 is 3.29. The zero-order chi connectivity index (χ0) is 14.5. The van der Waals surface area contributed by atoms with Gasteiger partial charge in [0.2, 0.25) is 0 Å². The molecule has 106 valence electrons. The van der Waals surface area contributed by atoms with Crippen molar-refractivity contribution < 1.29 is 9.47 Å². The Bertz CT molecular complexity index is 469. The molecule has 2 nitrogen and oxygen atoms in total. The molecule has 20 heavy (non-hydrogen) atoms. The molecule has 2 rings (SSSR count). The van der Waals surface area contributed by atoms with Crippen LogP contribution in [0.3, 0.4) is 0 Å². The maximum absolute atomic E-state index is 5.40. The molecule has 0 bridgehead atoms. The van der Waals surface area contributed by atoms with Crippen molar-refractivity contribution in [1.82, 2.24) is 0 Å². The topological polar surface area (TPSA) is 18.5 Å². The van der Waals surface area contributed by atoms with Crippen molar-refractivity contribution in [3.05, 3.63) is 72.8 Å². The van der Waals surface area contributed by atoms with Gasteiger partial charge in [0, 0.05) is 5.33 Å². The van der Waals surface area contributed by atoms with Crippen LogP contribution >= 0.6 is 15.9 Å². The van der Waals surface area contributed by atoms with Crippen LogP contribution in [-0.4, -0.2) is 19.0 Å². The largest absolute Gasteiger partial charge is 0.497 e. The molecule has 0 atom stereocenters. The molecule has 0 saturated carbocycles. The van der Waals surface area contributed by atoms with Crippen molar-refractivity contribution in [2.75, 3.05) is 19.0 Å². The first-order valence-electron chi connectivity index (χ1n) is 6.34. The van der Waals surface area contributed by atoms with Crippen LogP contribution in [0.25, 0.3) is 0 Å². The molecule has 0 saturated heterocycles. The van der Waals surface area contributed by atoms with Gasteiger partial charge >= 0.3 is 0 Å². The van der Waals surface area contributed by atoms with Crippen LogP contribution in [0.1, 0.15) is 0 Å². The first-order valence-corrected chi connectivity index (χ1v) is 7.47. The fraction of sp³-hybridized carbons (Fsp3) is 0.176. The van der Waals surface area contributed by atoms with Crippen molar-refractivity contribution in [2.24, 2.45) is 0 Å². The standard InChI is InChI=1S/C10H11BrO.C7H8O/c11-8-4-5-9-12-10-6-2-1-3-7-10;1-8-7-5-3-2-4-6-7/h1-7H,8-9H2;2-6H,1H3. The van der Waals surface area contributed by atoms with E-state index < -0.39 is 0 Å². The number of hydrogen-bond donors (Lipinski definition) is 0. The predicted octanol–water partition coefficient (Wildman–Crippen LogP) is 4.71. The Hall–Kier alpha value is -1.74. The lowest BCUT2D eigenvalue weighted by Crippen LogP contribution is -1.92. The van der Waals surface area contributed by atoms with E-state index in [0.717, 1.165) is 16.8 Å². The van der Waals surface area contributed by atoms with E-state index in [1.807, 2.05) is 72.8 Å². The van der Waals surface area contributed by atoms with E-state index in [1.54, 1.807) is 7.11 Å². The molecule has 0 aliphatic heterocycles. The van der Waals surface area contributed by atoms with E-state index in [-0.39, 0.29) is 0 Å². The van der Waals surface area contributed by atoms with Crippen LogP contribution in [0.4, 0.5) is 0 Å². The first-order chi connectivity index (χ1) is 9.86. The summed E-state index contributed by atoms with van der Waals surface area (Å²) in [4.78, 5) is 0. The average Bonchev–Trinajstić information content (AvgIpc) is 2.54. The fourth-order valence-corrected chi connectivity index (χ4v) is 1.61. The highest BCUT2D eigenvalue weighted by Crippen LogP contribution is 2.07. The minimum absolute atomic E-state index is 0.635. The van der Waals surface area contributed by atoms with Gasteiger partial charge in [0.1, 0.15) is 18.1 Å². The molecule has 0 heterocycles. The summed E-state index contributed by atoms with van der Waals surface area (Å²) in [6.07, 6.45) is 4.00. The van der Waals surface area contributed by atoms with Crippen LogP contribution in [0.15, 0.2) is 72.8 Å². The van der Waals surface area contributed by atoms with Crippen molar-refractivity contribution in [1.29, 1.82) is 0 Å². The van der Waals surface area contributed by atoms with Crippen molar-refractivity contribution >= 4 is 15.9 Å². The highest BCUT2D eigenvalue weighted by molar-refractivity contribution is 9.09. The predicted molar refractivity (Wildman–Crippen MR) is 87.9 cm³/mol. The van der Waals surface area contributed by atoms with Gasteiger partial charge in [-0.15, -0.1) is 0 Å². The fourth-order valence-electron chi connectivity index (χ4n) is 1.35. The Kier molecular flexibility index (Phi) is 9.07. The van der Waals surface area contributed by atoms with Crippen LogP contribution in [0.5, 0.6) is 11.5 Å². The number of alkyl halides is 1. The number of para-hydroxylation sites is 2. The molecule has 2 aromatic rings. The third-order valence-corrected chi connectivity index (χ3v) is 2.70. The number of methoxy groups -OCH3 is 1. The lowest BCUT2D eigenvalue weighted by molar-refractivity contribution is 0.363. The summed E-state index contributed by atoms with van der Waals surface area (Å²) < 4.78 is 10.3. The number of allylic oxidation sites excluding steroid dienone is 1. The van der Waals surface area contributed by atoms with Gasteiger partial charge < -0.3 is 9.47 Å². The monoisotopic (exact) mass is 334 g/mol. The van der Waals surface area contributed by atoms with E-state index in [1.165, 1.54) is 0 Å². The molecule has 0 N–H and O–H groups in total. The summed E-state index contributed by atoms with van der Waals surface area (Å²) in [6.45, 7) is 0.635. The molecule has 0 aliphatic rings. The van der Waals surface area contributed by atoms with Gasteiger partial charge in [-0.05, 0) is 24.3 Å². The number of halogens is 1. The minimum Gasteiger partial charge on any atom is -0.497 e. The normalized spacial score (nSPS) is 9.70. The summed E-state index contributed by atoms with van der Waals surface area (Å²) in [6, 6.07) is 19.5. The Morgan fingerprint density at radius 3 is 1.85 bits per heavy atom. The third kappa shape index (κ3) is 7.64. The minimum atomic E-state index is 0.635. The number of rotatable bonds is 5. The molecular weight excluding hydrogens is 316 g/mol. The van der Waals surface area contributed by atoms with Crippen LogP contribution in [0.2, 0.25) is 0 Å². The maximum Gasteiger partial charge on any atom is 0.119 e. The Balaban J connectivity index is 0.000000217. The molecular formula is C17H19BrO2. The Labute approximate surface area is 129 Å². The van der Waals surface area contributed by atoms with Gasteiger partial charge in [0.15, 0.2) is 0 Å². The van der Waals surface area contributed by atoms with Gasteiger partial charge in [-0.3, -0.25) is 0 Å². The van der Waals surface area contributed by atoms with Crippen LogP contribution in [0, 0.1) is 0 Å². The summed E-state index contributed by atoms with van der Waals surface area (Å²) in [5.74, 6) is 1.82. The molecule has 0 spiro atoms. The maximum atomic E-state index is 5.40. The van der Waals surface area contributed by atoms with Crippen molar-refractivity contribution in [3.8, 4) is 11.5 Å². The van der Waals surface area contributed by atoms with Gasteiger partial charge in [0.05, 0.1) is 7.11 Å². The molecule has 0 fully saturated rings. The molecule has 0 radical (unpaired) electrons. The second kappa shape index (κ2) is 11.1. The number of hydrogen-bond acceptors (Lipinski definition) is 2. The highest BCUT2D eigenvalue weighted by atomic mass is 79.9. The number of ether oxygens (including phenoxy) is 2. The van der Waals surface area contributed by atoms with E-state index in [9.17, 15) is 0 Å². The van der Waals surface area contributed by atoms with Gasteiger partial charge in [-0.25, -0.2) is 0 Å². The van der Waals surface area contributed by atoms with Gasteiger partial charge in [-0.2, -0.15) is 0 Å². The zero-order valence-electron chi connectivity index (χ0n) is 11.5. The number of benzene rings is 2. The van der Waals surface area contributed by atoms with Gasteiger partial charge in [-0.1, -0.05) is 64.5 Å². The van der Waals surface area contributed by atoms with Crippen molar-refractivity contribution in [3.63, 3.8) is 0 Å². The van der Waals surface area contributed by atoms with E-state index in [0.29, 0.717) is 6.61 Å². The quantitative estimate of drug-likeness (QED) is 0.582. The second-order valence-electron chi connectivity index (χ2n) is 3.77. The molecule has 0 aromatic heterocycles. The Morgan fingerprint density at radius 2 is 1.40 bits per heavy atom. The molecule has 2 aromatic carbocycles. The lowest BCUT2D eigenvalue weighted by atomic mass is 10.3. The van der Waals surface area contributed by atoms with Crippen LogP contribution in [-0.2, 0) is 0 Å². The molecule has 0 amide bonds. The molecule has 3 heteroatoms. The van der Waals surface area contributed by atoms with E-state index in [2.05, 4.69) is 15.9 Å². The lowest BCUT2D eigenvalue weighted by Gasteiger charge is -2.00. The third-order valence-electron chi connectivity index (χ3n) is 2.32. The zero-order valence-corrected chi connectivity index (χ0v) is 13.1. The first kappa shape index (κ1) is 16.3. The molecule has 0 aliphatic carbocycles. The summed E-state index contributed by atoms with van der Waals surface area (Å²) in [5, 5.41) is 0.880. The van der Waals surface area contributed by atoms with E-state index in [4.69, 9.17) is 9.47 Å². The summed E-state index contributed by atoms with van der Waals surface area (Å²) in [5.41, 5.74) is 0. The average molecular weight is 335 g/mol. The Morgan fingerprint density at radius 1 is 0.850 bits per heavy atom. The van der Waals surface area contributed by atoms with Gasteiger partial charge in [0.25, 0.3) is 0 Å². The molecule has 0 unspecified atom stereocenters. The van der Waals surface area contributed by atoms with Crippen LogP contribution < -0.4 is 9.47 Å². The SMILES string of the molecule is BrCC=CCOc1ccccc1.COc1ccccc1. The highest BCUT2D eigenvalue weighted by Gasteiger charge is 1.86. The van der Waals surface area contributed by atoms with Crippen molar-refractivity contribution in [2.45, 2.75) is 0 Å². The second-order valence-corrected chi connectivity index (χ2v) is 4.41. The van der Waals surface area contributed by atoms with E-state index >= 15 is 0 Å². The summed E-state index contributed by atoms with van der Waals surface area (Å²) in [7, 11) is 1.66. The smallest absolute Gasteiger partial charge is 0.119 e.